The van der Waals surface area contributed by atoms with Gasteiger partial charge in [-0.2, -0.15) is 5.26 Å². The summed E-state index contributed by atoms with van der Waals surface area (Å²) in [6.45, 7) is 1.92. The molecule has 0 amide bonds. The van der Waals surface area contributed by atoms with Gasteiger partial charge in [0.25, 0.3) is 10.0 Å². The predicted octanol–water partition coefficient (Wildman–Crippen LogP) is 2.06. The maximum Gasteiger partial charge on any atom is 0.263 e. The molecule has 96 valence electrons. The Balaban J connectivity index is 2.27. The van der Waals surface area contributed by atoms with Crippen molar-refractivity contribution in [3.63, 3.8) is 0 Å². The number of nitriles is 1. The predicted molar refractivity (Wildman–Crippen MR) is 70.9 cm³/mol. The van der Waals surface area contributed by atoms with Crippen molar-refractivity contribution in [2.24, 2.45) is 0 Å². The molecule has 5 nitrogen and oxygen atoms in total. The summed E-state index contributed by atoms with van der Waals surface area (Å²) < 4.78 is 26.6. The fourth-order valence-corrected chi connectivity index (χ4v) is 2.44. The first kappa shape index (κ1) is 13.1. The van der Waals surface area contributed by atoms with E-state index in [1.165, 1.54) is 12.1 Å². The summed E-state index contributed by atoms with van der Waals surface area (Å²) in [5, 5.41) is 8.61. The van der Waals surface area contributed by atoms with Gasteiger partial charge in [0.1, 0.15) is 16.7 Å². The molecule has 0 unspecified atom stereocenters. The number of anilines is 1. The number of sulfonamides is 1. The Bertz CT molecular complexity index is 714. The zero-order chi connectivity index (χ0) is 13.9. The van der Waals surface area contributed by atoms with E-state index in [9.17, 15) is 8.42 Å². The smallest absolute Gasteiger partial charge is 0.263 e. The number of nitrogens with zero attached hydrogens (tertiary/aromatic N) is 2. The summed E-state index contributed by atoms with van der Waals surface area (Å²) in [6.07, 6.45) is 1.16. The first-order chi connectivity index (χ1) is 9.01. The highest BCUT2D eigenvalue weighted by molar-refractivity contribution is 7.92. The lowest BCUT2D eigenvalue weighted by Crippen LogP contribution is -2.13. The molecule has 0 saturated heterocycles. The molecule has 0 bridgehead atoms. The van der Waals surface area contributed by atoms with Gasteiger partial charge in [0, 0.05) is 11.9 Å². The van der Waals surface area contributed by atoms with Gasteiger partial charge in [-0.25, -0.2) is 13.4 Å². The van der Waals surface area contributed by atoms with E-state index in [1.807, 2.05) is 25.1 Å². The van der Waals surface area contributed by atoms with Crippen LogP contribution in [0.15, 0.2) is 47.5 Å². The third-order valence-corrected chi connectivity index (χ3v) is 3.83. The third-order valence-electron chi connectivity index (χ3n) is 2.46. The van der Waals surface area contributed by atoms with Crippen molar-refractivity contribution in [3.05, 3.63) is 53.9 Å². The molecule has 6 heteroatoms. The van der Waals surface area contributed by atoms with Crippen LogP contribution in [0.1, 0.15) is 11.3 Å². The van der Waals surface area contributed by atoms with Crippen LogP contribution in [0.5, 0.6) is 0 Å². The number of benzene rings is 1. The summed E-state index contributed by atoms with van der Waals surface area (Å²) in [5.74, 6) is 0. The highest BCUT2D eigenvalue weighted by Crippen LogP contribution is 2.15. The molecule has 2 rings (SSSR count). The van der Waals surface area contributed by atoms with E-state index in [1.54, 1.807) is 12.1 Å². The number of pyridine rings is 1. The van der Waals surface area contributed by atoms with Crippen molar-refractivity contribution in [2.45, 2.75) is 11.8 Å². The van der Waals surface area contributed by atoms with E-state index < -0.39 is 10.0 Å². The molecule has 1 heterocycles. The van der Waals surface area contributed by atoms with Crippen molar-refractivity contribution in [3.8, 4) is 6.07 Å². The van der Waals surface area contributed by atoms with Gasteiger partial charge < -0.3 is 0 Å². The van der Waals surface area contributed by atoms with Crippen LogP contribution in [-0.2, 0) is 10.0 Å². The number of aromatic nitrogens is 1. The highest BCUT2D eigenvalue weighted by atomic mass is 32.2. The molecule has 0 aliphatic carbocycles. The molecule has 0 radical (unpaired) electrons. The van der Waals surface area contributed by atoms with Gasteiger partial charge in [-0.3, -0.25) is 4.72 Å². The van der Waals surface area contributed by atoms with Crippen LogP contribution in [0.3, 0.4) is 0 Å². The highest BCUT2D eigenvalue weighted by Gasteiger charge is 2.14. The second-order valence-electron chi connectivity index (χ2n) is 3.96. The molecular weight excluding hydrogens is 262 g/mol. The first-order valence-corrected chi connectivity index (χ1v) is 6.95. The van der Waals surface area contributed by atoms with Crippen LogP contribution in [0.25, 0.3) is 0 Å². The summed E-state index contributed by atoms with van der Waals surface area (Å²) in [6, 6.07) is 11.5. The molecule has 1 aromatic carbocycles. The Morgan fingerprint density at radius 3 is 2.37 bits per heavy atom. The average Bonchev–Trinajstić information content (AvgIpc) is 2.41. The van der Waals surface area contributed by atoms with Crippen LogP contribution in [0, 0.1) is 18.3 Å². The molecule has 1 N–H and O–H groups in total. The van der Waals surface area contributed by atoms with Gasteiger partial charge in [0.05, 0.1) is 0 Å². The fraction of sp³-hybridized carbons (Fsp3) is 0.0769. The molecule has 0 aliphatic rings. The lowest BCUT2D eigenvalue weighted by Gasteiger charge is -2.07. The van der Waals surface area contributed by atoms with Crippen LogP contribution in [0.2, 0.25) is 0 Å². The zero-order valence-corrected chi connectivity index (χ0v) is 11.0. The summed E-state index contributed by atoms with van der Waals surface area (Å²) in [4.78, 5) is 3.76. The van der Waals surface area contributed by atoms with E-state index in [-0.39, 0.29) is 10.6 Å². The Hall–Kier alpha value is -2.39. The number of rotatable bonds is 3. The standard InChI is InChI=1S/C13H11N3O2S/c1-10-2-4-11(5-3-10)16-19(17,18)13-7-6-12(8-14)15-9-13/h2-7,9,16H,1H3. The number of aryl methyl sites for hydroxylation is 1. The van der Waals surface area contributed by atoms with Gasteiger partial charge in [-0.05, 0) is 31.2 Å². The number of hydrogen-bond donors (Lipinski definition) is 1. The lowest BCUT2D eigenvalue weighted by molar-refractivity contribution is 0.601. The average molecular weight is 273 g/mol. The minimum absolute atomic E-state index is 0.0204. The van der Waals surface area contributed by atoms with Crippen molar-refractivity contribution in [1.29, 1.82) is 5.26 Å². The van der Waals surface area contributed by atoms with Crippen molar-refractivity contribution in [1.82, 2.24) is 4.98 Å². The minimum Gasteiger partial charge on any atom is -0.280 e. The van der Waals surface area contributed by atoms with Crippen molar-refractivity contribution >= 4 is 15.7 Å². The summed E-state index contributed by atoms with van der Waals surface area (Å²) in [5.41, 5.74) is 1.70. The van der Waals surface area contributed by atoms with Crippen LogP contribution >= 0.6 is 0 Å². The van der Waals surface area contributed by atoms with E-state index in [0.717, 1.165) is 11.8 Å². The first-order valence-electron chi connectivity index (χ1n) is 5.47. The van der Waals surface area contributed by atoms with Crippen LogP contribution < -0.4 is 4.72 Å². The molecule has 2 aromatic rings. The van der Waals surface area contributed by atoms with E-state index in [2.05, 4.69) is 9.71 Å². The minimum atomic E-state index is -3.67. The fourth-order valence-electron chi connectivity index (χ4n) is 1.44. The Morgan fingerprint density at radius 2 is 1.84 bits per heavy atom. The Labute approximate surface area is 111 Å². The quantitative estimate of drug-likeness (QED) is 0.927. The molecule has 0 atom stereocenters. The molecule has 0 fully saturated rings. The van der Waals surface area contributed by atoms with Gasteiger partial charge >= 0.3 is 0 Å². The maximum atomic E-state index is 12.1. The summed E-state index contributed by atoms with van der Waals surface area (Å²) in [7, 11) is -3.67. The second kappa shape index (κ2) is 5.08. The molecule has 19 heavy (non-hydrogen) atoms. The topological polar surface area (TPSA) is 82.9 Å². The van der Waals surface area contributed by atoms with E-state index >= 15 is 0 Å². The second-order valence-corrected chi connectivity index (χ2v) is 5.64. The molecule has 0 saturated carbocycles. The van der Waals surface area contributed by atoms with Gasteiger partial charge in [0.15, 0.2) is 0 Å². The van der Waals surface area contributed by atoms with Crippen molar-refractivity contribution in [2.75, 3.05) is 4.72 Å². The molecule has 0 aliphatic heterocycles. The van der Waals surface area contributed by atoms with E-state index in [4.69, 9.17) is 5.26 Å². The van der Waals surface area contributed by atoms with Gasteiger partial charge in [0.2, 0.25) is 0 Å². The molecule has 0 spiro atoms. The SMILES string of the molecule is Cc1ccc(NS(=O)(=O)c2ccc(C#N)nc2)cc1. The normalized spacial score (nSPS) is 10.7. The third kappa shape index (κ3) is 3.09. The van der Waals surface area contributed by atoms with E-state index in [0.29, 0.717) is 5.69 Å². The largest absolute Gasteiger partial charge is 0.280 e. The Morgan fingerprint density at radius 1 is 1.16 bits per heavy atom. The monoisotopic (exact) mass is 273 g/mol. The van der Waals surface area contributed by atoms with Crippen LogP contribution in [0.4, 0.5) is 5.69 Å². The van der Waals surface area contributed by atoms with Crippen LogP contribution in [-0.4, -0.2) is 13.4 Å². The van der Waals surface area contributed by atoms with Gasteiger partial charge in [-0.15, -0.1) is 0 Å². The lowest BCUT2D eigenvalue weighted by atomic mass is 10.2. The number of hydrogen-bond acceptors (Lipinski definition) is 4. The maximum absolute atomic E-state index is 12.1. The Kier molecular flexibility index (Phi) is 3.49. The molecular formula is C13H11N3O2S. The zero-order valence-electron chi connectivity index (χ0n) is 10.2. The number of nitrogens with one attached hydrogen (secondary N) is 1. The van der Waals surface area contributed by atoms with Gasteiger partial charge in [-0.1, -0.05) is 17.7 Å². The summed E-state index contributed by atoms with van der Waals surface area (Å²) >= 11 is 0. The van der Waals surface area contributed by atoms with Crippen molar-refractivity contribution < 1.29 is 8.42 Å². The molecule has 1 aromatic heterocycles.